The number of nitrogens with zero attached hydrogens (tertiary/aromatic N) is 1. The second-order valence-electron chi connectivity index (χ2n) is 6.61. The molecule has 0 saturated heterocycles. The van der Waals surface area contributed by atoms with Crippen LogP contribution in [0, 0.1) is 0 Å². The lowest BCUT2D eigenvalue weighted by atomic mass is 10.0. The summed E-state index contributed by atoms with van der Waals surface area (Å²) in [7, 11) is 1.34. The summed E-state index contributed by atoms with van der Waals surface area (Å²) in [6.07, 6.45) is 8.73. The van der Waals surface area contributed by atoms with Crippen molar-refractivity contribution in [3.63, 3.8) is 0 Å². The van der Waals surface area contributed by atoms with Gasteiger partial charge >= 0.3 is 0 Å². The number of benzene rings is 2. The maximum atomic E-state index is 11.7. The molecular formula is C23H29NO2S. The van der Waals surface area contributed by atoms with E-state index in [1.807, 2.05) is 23.9 Å². The third-order valence-corrected chi connectivity index (χ3v) is 5.50. The minimum Gasteiger partial charge on any atom is -0.286 e. The molecule has 0 heterocycles. The molecule has 0 spiro atoms. The number of likely N-dealkylation sites (N-methyl/N-ethyl adjacent to an activating group) is 1. The first-order valence-electron chi connectivity index (χ1n) is 9.54. The topological polar surface area (TPSA) is 40.5 Å². The lowest BCUT2D eigenvalue weighted by Crippen LogP contribution is -2.19. The van der Waals surface area contributed by atoms with Gasteiger partial charge in [-0.3, -0.25) is 10.0 Å². The summed E-state index contributed by atoms with van der Waals surface area (Å²) in [6, 6.07) is 17.0. The molecular weight excluding hydrogens is 354 g/mol. The van der Waals surface area contributed by atoms with Crippen molar-refractivity contribution in [2.24, 2.45) is 0 Å². The highest BCUT2D eigenvalue weighted by molar-refractivity contribution is 7.99. The molecule has 2 rings (SSSR count). The van der Waals surface area contributed by atoms with Gasteiger partial charge in [-0.15, -0.1) is 11.8 Å². The molecule has 1 amide bonds. The normalized spacial score (nSPS) is 11.1. The molecule has 4 heteroatoms. The summed E-state index contributed by atoms with van der Waals surface area (Å²) in [5, 5.41) is 9.85. The van der Waals surface area contributed by atoms with Gasteiger partial charge in [0.25, 0.3) is 5.91 Å². The first-order valence-corrected chi connectivity index (χ1v) is 10.5. The van der Waals surface area contributed by atoms with Crippen LogP contribution in [-0.2, 0) is 17.6 Å². The summed E-state index contributed by atoms with van der Waals surface area (Å²) < 4.78 is 0. The minimum absolute atomic E-state index is 0.422. The van der Waals surface area contributed by atoms with Crippen molar-refractivity contribution in [2.45, 2.75) is 43.9 Å². The zero-order valence-electron chi connectivity index (χ0n) is 16.2. The van der Waals surface area contributed by atoms with Crippen LogP contribution in [0.15, 0.2) is 59.5 Å². The van der Waals surface area contributed by atoms with E-state index in [0.29, 0.717) is 5.06 Å². The van der Waals surface area contributed by atoms with Crippen molar-refractivity contribution in [3.05, 3.63) is 71.3 Å². The van der Waals surface area contributed by atoms with Crippen LogP contribution in [-0.4, -0.2) is 29.0 Å². The van der Waals surface area contributed by atoms with Crippen molar-refractivity contribution in [1.82, 2.24) is 5.06 Å². The molecule has 3 nitrogen and oxygen atoms in total. The van der Waals surface area contributed by atoms with Gasteiger partial charge in [-0.05, 0) is 60.3 Å². The van der Waals surface area contributed by atoms with Crippen LogP contribution in [0.4, 0.5) is 0 Å². The molecule has 144 valence electrons. The Morgan fingerprint density at radius 1 is 1.07 bits per heavy atom. The van der Waals surface area contributed by atoms with Crippen molar-refractivity contribution in [1.29, 1.82) is 0 Å². The quantitative estimate of drug-likeness (QED) is 0.190. The van der Waals surface area contributed by atoms with Crippen LogP contribution in [0.1, 0.15) is 42.9 Å². The van der Waals surface area contributed by atoms with E-state index in [-0.39, 0.29) is 0 Å². The number of rotatable bonds is 10. The van der Waals surface area contributed by atoms with Gasteiger partial charge < -0.3 is 0 Å². The van der Waals surface area contributed by atoms with E-state index in [1.165, 1.54) is 42.0 Å². The number of amides is 1. The highest BCUT2D eigenvalue weighted by Crippen LogP contribution is 2.27. The van der Waals surface area contributed by atoms with Crippen LogP contribution < -0.4 is 0 Å². The number of hydrogen-bond acceptors (Lipinski definition) is 3. The smallest absolute Gasteiger partial charge is 0.269 e. The van der Waals surface area contributed by atoms with Crippen molar-refractivity contribution in [3.8, 4) is 0 Å². The maximum Gasteiger partial charge on any atom is 0.269 e. The molecule has 27 heavy (non-hydrogen) atoms. The van der Waals surface area contributed by atoms with E-state index in [2.05, 4.69) is 49.4 Å². The summed E-state index contributed by atoms with van der Waals surface area (Å²) in [5.41, 5.74) is 3.68. The molecule has 2 aromatic carbocycles. The number of aryl methyl sites for hydroxylation is 2. The maximum absolute atomic E-state index is 11.7. The summed E-state index contributed by atoms with van der Waals surface area (Å²) in [6.45, 7) is 2.19. The summed E-state index contributed by atoms with van der Waals surface area (Å²) in [5.74, 6) is 0.646. The SMILES string of the molecule is CCCCSc1ccc(CCCc2ccccc2)cc1C=CC(=O)N(C)O. The molecule has 0 aromatic heterocycles. The highest BCUT2D eigenvalue weighted by Gasteiger charge is 2.05. The standard InChI is InChI=1S/C23H29NO2S/c1-3-4-17-27-22-15-13-20(12-8-11-19-9-6-5-7-10-19)18-21(22)14-16-23(25)24(2)26/h5-7,9-10,13-16,18,26H,3-4,8,11-12,17H2,1-2H3. The predicted molar refractivity (Wildman–Crippen MR) is 114 cm³/mol. The van der Waals surface area contributed by atoms with Gasteiger partial charge in [-0.2, -0.15) is 0 Å². The fraction of sp³-hybridized carbons (Fsp3) is 0.348. The van der Waals surface area contributed by atoms with Gasteiger partial charge in [-0.1, -0.05) is 55.8 Å². The molecule has 0 atom stereocenters. The fourth-order valence-corrected chi connectivity index (χ4v) is 3.86. The molecule has 0 unspecified atom stereocenters. The molecule has 0 aliphatic heterocycles. The molecule has 1 N–H and O–H groups in total. The van der Waals surface area contributed by atoms with Crippen LogP contribution in [0.3, 0.4) is 0 Å². The zero-order chi connectivity index (χ0) is 19.5. The van der Waals surface area contributed by atoms with E-state index >= 15 is 0 Å². The van der Waals surface area contributed by atoms with Crippen molar-refractivity contribution >= 4 is 23.7 Å². The van der Waals surface area contributed by atoms with Gasteiger partial charge in [0.15, 0.2) is 0 Å². The molecule has 0 radical (unpaired) electrons. The van der Waals surface area contributed by atoms with Gasteiger partial charge in [-0.25, -0.2) is 5.06 Å². The average molecular weight is 384 g/mol. The minimum atomic E-state index is -0.422. The van der Waals surface area contributed by atoms with Crippen molar-refractivity contribution in [2.75, 3.05) is 12.8 Å². The second kappa shape index (κ2) is 11.6. The van der Waals surface area contributed by atoms with Gasteiger partial charge in [0, 0.05) is 18.0 Å². The van der Waals surface area contributed by atoms with Crippen LogP contribution in [0.25, 0.3) is 6.08 Å². The molecule has 0 saturated carbocycles. The summed E-state index contributed by atoms with van der Waals surface area (Å²) in [4.78, 5) is 12.9. The summed E-state index contributed by atoms with van der Waals surface area (Å²) >= 11 is 1.82. The Bertz CT molecular complexity index is 741. The second-order valence-corrected chi connectivity index (χ2v) is 7.75. The lowest BCUT2D eigenvalue weighted by molar-refractivity contribution is -0.153. The molecule has 0 bridgehead atoms. The highest BCUT2D eigenvalue weighted by atomic mass is 32.2. The lowest BCUT2D eigenvalue weighted by Gasteiger charge is -2.10. The third kappa shape index (κ3) is 7.61. The van der Waals surface area contributed by atoms with Gasteiger partial charge in [0.05, 0.1) is 0 Å². The van der Waals surface area contributed by atoms with Crippen molar-refractivity contribution < 1.29 is 10.0 Å². The van der Waals surface area contributed by atoms with E-state index in [1.54, 1.807) is 0 Å². The third-order valence-electron chi connectivity index (χ3n) is 4.33. The zero-order valence-corrected chi connectivity index (χ0v) is 17.0. The van der Waals surface area contributed by atoms with E-state index < -0.39 is 5.91 Å². The van der Waals surface area contributed by atoms with Gasteiger partial charge in [0.1, 0.15) is 0 Å². The largest absolute Gasteiger partial charge is 0.286 e. The molecule has 0 aliphatic carbocycles. The first-order chi connectivity index (χ1) is 13.1. The number of hydrogen-bond donors (Lipinski definition) is 1. The Morgan fingerprint density at radius 3 is 2.52 bits per heavy atom. The average Bonchev–Trinajstić information content (AvgIpc) is 2.68. The molecule has 0 aliphatic rings. The van der Waals surface area contributed by atoms with E-state index in [0.717, 1.165) is 30.6 Å². The fourth-order valence-electron chi connectivity index (χ4n) is 2.75. The Labute approximate surface area is 167 Å². The monoisotopic (exact) mass is 383 g/mol. The predicted octanol–water partition coefficient (Wildman–Crippen LogP) is 5.61. The van der Waals surface area contributed by atoms with Crippen LogP contribution in [0.5, 0.6) is 0 Å². The van der Waals surface area contributed by atoms with E-state index in [4.69, 9.17) is 0 Å². The number of hydroxylamine groups is 2. The number of unbranched alkanes of at least 4 members (excludes halogenated alkanes) is 1. The number of carbonyl (C=O) groups is 1. The first kappa shape index (κ1) is 21.3. The number of thioether (sulfide) groups is 1. The molecule has 2 aromatic rings. The van der Waals surface area contributed by atoms with Gasteiger partial charge in [0.2, 0.25) is 0 Å². The van der Waals surface area contributed by atoms with Crippen LogP contribution >= 0.6 is 11.8 Å². The van der Waals surface area contributed by atoms with Crippen LogP contribution in [0.2, 0.25) is 0 Å². The molecule has 0 fully saturated rings. The Balaban J connectivity index is 2.06. The van der Waals surface area contributed by atoms with E-state index in [9.17, 15) is 10.0 Å². The Hall–Kier alpha value is -2.04. The Kier molecular flexibility index (Phi) is 9.16. The Morgan fingerprint density at radius 2 is 1.81 bits per heavy atom. The number of carbonyl (C=O) groups excluding carboxylic acids is 1.